The number of hydrogen-bond donors (Lipinski definition) is 2. The van der Waals surface area contributed by atoms with Crippen molar-refractivity contribution in [2.24, 2.45) is 13.0 Å². The second-order valence-corrected chi connectivity index (χ2v) is 4.84. The molecule has 2 unspecified atom stereocenters. The zero-order valence-corrected chi connectivity index (χ0v) is 11.9. The molecule has 2 N–H and O–H groups in total. The van der Waals surface area contributed by atoms with E-state index in [1.54, 1.807) is 4.68 Å². The van der Waals surface area contributed by atoms with Gasteiger partial charge in [0.25, 0.3) is 5.91 Å². The first-order chi connectivity index (χ1) is 8.08. The van der Waals surface area contributed by atoms with Crippen LogP contribution in [0.1, 0.15) is 29.5 Å². The third-order valence-electron chi connectivity index (χ3n) is 3.49. The highest BCUT2D eigenvalue weighted by atomic mass is 35.5. The Morgan fingerprint density at radius 1 is 1.61 bits per heavy atom. The molecule has 5 nitrogen and oxygen atoms in total. The summed E-state index contributed by atoms with van der Waals surface area (Å²) in [4.78, 5) is 12.0. The summed E-state index contributed by atoms with van der Waals surface area (Å²) in [5, 5.41) is 10.5. The van der Waals surface area contributed by atoms with Crippen molar-refractivity contribution >= 4 is 18.3 Å². The lowest BCUT2D eigenvalue weighted by atomic mass is 9.95. The number of rotatable bonds is 2. The highest BCUT2D eigenvalue weighted by Gasteiger charge is 2.23. The summed E-state index contributed by atoms with van der Waals surface area (Å²) in [7, 11) is 1.84. The molecule has 2 heterocycles. The maximum Gasteiger partial charge on any atom is 0.272 e. The molecule has 1 aromatic rings. The zero-order chi connectivity index (χ0) is 12.4. The number of halogens is 1. The Bertz CT molecular complexity index is 399. The maximum absolute atomic E-state index is 12.0. The minimum Gasteiger partial charge on any atom is -0.346 e. The van der Waals surface area contributed by atoms with Gasteiger partial charge in [-0.05, 0) is 31.9 Å². The first kappa shape index (κ1) is 15.0. The topological polar surface area (TPSA) is 59.0 Å². The molecule has 0 spiro atoms. The molecule has 0 aliphatic carbocycles. The van der Waals surface area contributed by atoms with Gasteiger partial charge in [-0.25, -0.2) is 0 Å². The standard InChI is InChI=1S/C12H20N4O.ClH/c1-8-4-5-13-7-11(8)14-12(17)10-6-9(2)16(3)15-10;/h6,8,11,13H,4-5,7H2,1-3H3,(H,14,17);1H. The van der Waals surface area contributed by atoms with Crippen molar-refractivity contribution in [2.75, 3.05) is 13.1 Å². The first-order valence-electron chi connectivity index (χ1n) is 6.10. The summed E-state index contributed by atoms with van der Waals surface area (Å²) >= 11 is 0. The Morgan fingerprint density at radius 3 is 2.89 bits per heavy atom. The average Bonchev–Trinajstić information content (AvgIpc) is 2.63. The Morgan fingerprint density at radius 2 is 2.33 bits per heavy atom. The van der Waals surface area contributed by atoms with Crippen LogP contribution in [0, 0.1) is 12.8 Å². The van der Waals surface area contributed by atoms with Gasteiger partial charge in [-0.15, -0.1) is 12.4 Å². The van der Waals surface area contributed by atoms with Crippen LogP contribution in [0.3, 0.4) is 0 Å². The molecule has 1 saturated heterocycles. The van der Waals surface area contributed by atoms with Gasteiger partial charge >= 0.3 is 0 Å². The zero-order valence-electron chi connectivity index (χ0n) is 11.1. The quantitative estimate of drug-likeness (QED) is 0.840. The summed E-state index contributed by atoms with van der Waals surface area (Å²) in [6, 6.07) is 2.02. The van der Waals surface area contributed by atoms with Crippen molar-refractivity contribution in [2.45, 2.75) is 26.3 Å². The highest BCUT2D eigenvalue weighted by molar-refractivity contribution is 5.92. The second-order valence-electron chi connectivity index (χ2n) is 4.84. The van der Waals surface area contributed by atoms with E-state index in [0.29, 0.717) is 11.6 Å². The van der Waals surface area contributed by atoms with Gasteiger partial charge in [0.1, 0.15) is 5.69 Å². The summed E-state index contributed by atoms with van der Waals surface area (Å²) in [6.07, 6.45) is 1.10. The van der Waals surface area contributed by atoms with E-state index in [9.17, 15) is 4.79 Å². The molecule has 0 bridgehead atoms. The van der Waals surface area contributed by atoms with E-state index in [4.69, 9.17) is 0 Å². The van der Waals surface area contributed by atoms with Crippen LogP contribution in [0.25, 0.3) is 0 Å². The van der Waals surface area contributed by atoms with Gasteiger partial charge in [0.05, 0.1) is 0 Å². The number of amides is 1. The van der Waals surface area contributed by atoms with Gasteiger partial charge in [-0.2, -0.15) is 5.10 Å². The number of aromatic nitrogens is 2. The molecule has 6 heteroatoms. The molecule has 1 aliphatic rings. The van der Waals surface area contributed by atoms with Gasteiger partial charge in [-0.1, -0.05) is 6.92 Å². The van der Waals surface area contributed by atoms with Crippen LogP contribution in [0.4, 0.5) is 0 Å². The maximum atomic E-state index is 12.0. The number of carbonyl (C=O) groups excluding carboxylic acids is 1. The summed E-state index contributed by atoms with van der Waals surface area (Å²) < 4.78 is 1.72. The molecule has 1 aliphatic heterocycles. The third kappa shape index (κ3) is 3.23. The Hall–Kier alpha value is -1.07. The molecule has 0 aromatic carbocycles. The number of piperidine rings is 1. The van der Waals surface area contributed by atoms with Crippen molar-refractivity contribution in [3.05, 3.63) is 17.5 Å². The van der Waals surface area contributed by atoms with Crippen LogP contribution < -0.4 is 10.6 Å². The fourth-order valence-corrected chi connectivity index (χ4v) is 2.10. The monoisotopic (exact) mass is 272 g/mol. The van der Waals surface area contributed by atoms with E-state index in [2.05, 4.69) is 22.7 Å². The highest BCUT2D eigenvalue weighted by Crippen LogP contribution is 2.12. The van der Waals surface area contributed by atoms with E-state index in [-0.39, 0.29) is 24.4 Å². The molecule has 0 radical (unpaired) electrons. The number of aryl methyl sites for hydroxylation is 2. The summed E-state index contributed by atoms with van der Waals surface area (Å²) in [5.74, 6) is 0.444. The van der Waals surface area contributed by atoms with Crippen molar-refractivity contribution in [3.8, 4) is 0 Å². The summed E-state index contributed by atoms with van der Waals surface area (Å²) in [5.41, 5.74) is 1.49. The largest absolute Gasteiger partial charge is 0.346 e. The van der Waals surface area contributed by atoms with E-state index in [1.165, 1.54) is 0 Å². The van der Waals surface area contributed by atoms with Crippen LogP contribution in [0.5, 0.6) is 0 Å². The summed E-state index contributed by atoms with van der Waals surface area (Å²) in [6.45, 7) is 6.00. The lowest BCUT2D eigenvalue weighted by Gasteiger charge is -2.29. The Labute approximate surface area is 114 Å². The fraction of sp³-hybridized carbons (Fsp3) is 0.667. The van der Waals surface area contributed by atoms with Crippen LogP contribution in [0.15, 0.2) is 6.07 Å². The number of hydrogen-bond acceptors (Lipinski definition) is 3. The molecule has 2 atom stereocenters. The molecule has 1 aromatic heterocycles. The van der Waals surface area contributed by atoms with E-state index in [0.717, 1.165) is 25.2 Å². The fourth-order valence-electron chi connectivity index (χ4n) is 2.10. The Balaban J connectivity index is 0.00000162. The molecule has 0 saturated carbocycles. The predicted octanol–water partition coefficient (Wildman–Crippen LogP) is 0.878. The lowest BCUT2D eigenvalue weighted by Crippen LogP contribution is -2.50. The van der Waals surface area contributed by atoms with Gasteiger partial charge in [0.2, 0.25) is 0 Å². The average molecular weight is 273 g/mol. The SMILES string of the molecule is Cc1cc(C(=O)NC2CNCCC2C)nn1C.Cl. The van der Waals surface area contributed by atoms with Crippen molar-refractivity contribution in [3.63, 3.8) is 0 Å². The van der Waals surface area contributed by atoms with Crippen LogP contribution in [0.2, 0.25) is 0 Å². The van der Waals surface area contributed by atoms with Crippen molar-refractivity contribution in [1.29, 1.82) is 0 Å². The Kier molecular flexibility index (Phi) is 5.16. The predicted molar refractivity (Wildman–Crippen MR) is 73.1 cm³/mol. The molecular formula is C12H21ClN4O. The van der Waals surface area contributed by atoms with Crippen LogP contribution in [-0.4, -0.2) is 34.8 Å². The van der Waals surface area contributed by atoms with E-state index < -0.39 is 0 Å². The third-order valence-corrected chi connectivity index (χ3v) is 3.49. The van der Waals surface area contributed by atoms with Crippen molar-refractivity contribution < 1.29 is 4.79 Å². The molecule has 2 rings (SSSR count). The normalized spacial score (nSPS) is 23.3. The van der Waals surface area contributed by atoms with Gasteiger partial charge < -0.3 is 10.6 Å². The number of carbonyl (C=O) groups is 1. The smallest absolute Gasteiger partial charge is 0.272 e. The van der Waals surface area contributed by atoms with Crippen LogP contribution >= 0.6 is 12.4 Å². The van der Waals surface area contributed by atoms with E-state index in [1.807, 2.05) is 20.0 Å². The number of nitrogens with zero attached hydrogens (tertiary/aromatic N) is 2. The molecule has 18 heavy (non-hydrogen) atoms. The van der Waals surface area contributed by atoms with Crippen LogP contribution in [-0.2, 0) is 7.05 Å². The number of nitrogens with one attached hydrogen (secondary N) is 2. The molecule has 1 amide bonds. The molecule has 1 fully saturated rings. The van der Waals surface area contributed by atoms with Gasteiger partial charge in [-0.3, -0.25) is 9.48 Å². The molecule has 102 valence electrons. The first-order valence-corrected chi connectivity index (χ1v) is 6.10. The lowest BCUT2D eigenvalue weighted by molar-refractivity contribution is 0.0909. The van der Waals surface area contributed by atoms with Gasteiger partial charge in [0, 0.05) is 25.3 Å². The minimum atomic E-state index is -0.0748. The van der Waals surface area contributed by atoms with E-state index >= 15 is 0 Å². The van der Waals surface area contributed by atoms with Gasteiger partial charge in [0.15, 0.2) is 0 Å². The molecular weight excluding hydrogens is 252 g/mol. The van der Waals surface area contributed by atoms with Crippen molar-refractivity contribution in [1.82, 2.24) is 20.4 Å². The second kappa shape index (κ2) is 6.20. The minimum absolute atomic E-state index is 0.